The number of amides is 1. The zero-order valence-corrected chi connectivity index (χ0v) is 9.35. The van der Waals surface area contributed by atoms with E-state index in [1.54, 1.807) is 13.2 Å². The molecule has 1 rings (SSSR count). The highest BCUT2D eigenvalue weighted by Gasteiger charge is 2.13. The third-order valence-corrected chi connectivity index (χ3v) is 2.80. The van der Waals surface area contributed by atoms with Gasteiger partial charge >= 0.3 is 0 Å². The smallest absolute Gasteiger partial charge is 0.283 e. The van der Waals surface area contributed by atoms with Crippen molar-refractivity contribution in [1.29, 1.82) is 0 Å². The molecule has 3 nitrogen and oxygen atoms in total. The van der Waals surface area contributed by atoms with Crippen LogP contribution in [-0.4, -0.2) is 29.4 Å². The highest BCUT2D eigenvalue weighted by atomic mass is 79.9. The second kappa shape index (κ2) is 4.40. The number of hydrogen-bond acceptors (Lipinski definition) is 3. The minimum atomic E-state index is -0.145. The quantitative estimate of drug-likeness (QED) is 0.756. The highest BCUT2D eigenvalue weighted by Crippen LogP contribution is 2.19. The SMILES string of the molecule is C#CCN(C)C(=O)c1ncc(Br)s1. The van der Waals surface area contributed by atoms with E-state index in [1.165, 1.54) is 16.2 Å². The Bertz CT molecular complexity index is 355. The lowest BCUT2D eigenvalue weighted by Crippen LogP contribution is -2.26. The minimum Gasteiger partial charge on any atom is -0.329 e. The van der Waals surface area contributed by atoms with Crippen LogP contribution in [0.2, 0.25) is 0 Å². The fourth-order valence-electron chi connectivity index (χ4n) is 0.725. The molecule has 0 fully saturated rings. The van der Waals surface area contributed by atoms with Crippen molar-refractivity contribution in [1.82, 2.24) is 9.88 Å². The topological polar surface area (TPSA) is 33.2 Å². The first-order valence-corrected chi connectivity index (χ1v) is 5.06. The van der Waals surface area contributed by atoms with Gasteiger partial charge in [0.15, 0.2) is 5.01 Å². The fraction of sp³-hybridized carbons (Fsp3) is 0.250. The summed E-state index contributed by atoms with van der Waals surface area (Å²) in [6.07, 6.45) is 6.68. The van der Waals surface area contributed by atoms with Crippen molar-refractivity contribution in [2.75, 3.05) is 13.6 Å². The van der Waals surface area contributed by atoms with Crippen molar-refractivity contribution in [3.63, 3.8) is 0 Å². The number of halogens is 1. The molecule has 1 heterocycles. The molecule has 0 aliphatic heterocycles. The van der Waals surface area contributed by atoms with Crippen LogP contribution in [0.15, 0.2) is 9.98 Å². The second-order valence-corrected chi connectivity index (χ2v) is 4.74. The normalized spacial score (nSPS) is 9.31. The average Bonchev–Trinajstić information content (AvgIpc) is 2.51. The van der Waals surface area contributed by atoms with Gasteiger partial charge in [-0.2, -0.15) is 0 Å². The first kappa shape index (κ1) is 10.2. The van der Waals surface area contributed by atoms with Gasteiger partial charge in [0, 0.05) is 7.05 Å². The third kappa shape index (κ3) is 2.54. The number of carbonyl (C=O) groups is 1. The molecule has 1 aromatic heterocycles. The molecule has 0 spiro atoms. The van der Waals surface area contributed by atoms with Crippen LogP contribution >= 0.6 is 27.3 Å². The number of thiazole rings is 1. The summed E-state index contributed by atoms with van der Waals surface area (Å²) in [5, 5.41) is 0.449. The van der Waals surface area contributed by atoms with E-state index in [-0.39, 0.29) is 5.91 Å². The summed E-state index contributed by atoms with van der Waals surface area (Å²) in [4.78, 5) is 16.9. The Labute approximate surface area is 88.9 Å². The van der Waals surface area contributed by atoms with E-state index in [0.29, 0.717) is 11.6 Å². The molecule has 5 heteroatoms. The highest BCUT2D eigenvalue weighted by molar-refractivity contribution is 9.11. The van der Waals surface area contributed by atoms with Crippen molar-refractivity contribution in [3.05, 3.63) is 15.0 Å². The molecule has 13 heavy (non-hydrogen) atoms. The number of terminal acetylenes is 1. The molecule has 0 aliphatic rings. The van der Waals surface area contributed by atoms with Gasteiger partial charge in [-0.1, -0.05) is 5.92 Å². The average molecular weight is 259 g/mol. The number of hydrogen-bond donors (Lipinski definition) is 0. The summed E-state index contributed by atoms with van der Waals surface area (Å²) >= 11 is 4.53. The Balaban J connectivity index is 2.74. The molecule has 0 saturated heterocycles. The van der Waals surface area contributed by atoms with Crippen LogP contribution in [0.4, 0.5) is 0 Å². The van der Waals surface area contributed by atoms with E-state index in [0.717, 1.165) is 3.79 Å². The van der Waals surface area contributed by atoms with Crippen LogP contribution in [0.3, 0.4) is 0 Å². The van der Waals surface area contributed by atoms with Crippen molar-refractivity contribution in [2.45, 2.75) is 0 Å². The first-order chi connectivity index (χ1) is 6.15. The van der Waals surface area contributed by atoms with Gasteiger partial charge in [-0.15, -0.1) is 17.8 Å². The number of rotatable bonds is 2. The summed E-state index contributed by atoms with van der Waals surface area (Å²) in [7, 11) is 1.65. The van der Waals surface area contributed by atoms with Crippen LogP contribution in [-0.2, 0) is 0 Å². The maximum atomic E-state index is 11.5. The van der Waals surface area contributed by atoms with Crippen LogP contribution in [0, 0.1) is 12.3 Å². The van der Waals surface area contributed by atoms with Gasteiger partial charge in [0.2, 0.25) is 0 Å². The fourth-order valence-corrected chi connectivity index (χ4v) is 1.93. The molecule has 1 aromatic rings. The zero-order chi connectivity index (χ0) is 9.84. The molecule has 0 N–H and O–H groups in total. The van der Waals surface area contributed by atoms with Crippen molar-refractivity contribution in [2.24, 2.45) is 0 Å². The molecule has 0 aliphatic carbocycles. The Hall–Kier alpha value is -0.860. The van der Waals surface area contributed by atoms with Gasteiger partial charge in [0.05, 0.1) is 16.5 Å². The summed E-state index contributed by atoms with van der Waals surface area (Å²) in [5.41, 5.74) is 0. The molecule has 0 bridgehead atoms. The Morgan fingerprint density at radius 2 is 2.62 bits per heavy atom. The lowest BCUT2D eigenvalue weighted by atomic mass is 10.5. The third-order valence-electron chi connectivity index (χ3n) is 1.34. The molecule has 0 radical (unpaired) electrons. The standard InChI is InChI=1S/C8H7BrN2OS/c1-3-4-11(2)8(12)7-10-5-6(9)13-7/h1,5H,4H2,2H3. The van der Waals surface area contributed by atoms with E-state index in [2.05, 4.69) is 26.8 Å². The molecular formula is C8H7BrN2OS. The van der Waals surface area contributed by atoms with Crippen LogP contribution in [0.25, 0.3) is 0 Å². The van der Waals surface area contributed by atoms with Crippen LogP contribution < -0.4 is 0 Å². The second-order valence-electron chi connectivity index (χ2n) is 2.33. The van der Waals surface area contributed by atoms with Gasteiger partial charge in [0.1, 0.15) is 0 Å². The van der Waals surface area contributed by atoms with Gasteiger partial charge in [-0.25, -0.2) is 4.98 Å². The molecule has 0 atom stereocenters. The Morgan fingerprint density at radius 3 is 3.08 bits per heavy atom. The van der Waals surface area contributed by atoms with E-state index in [4.69, 9.17) is 6.42 Å². The van der Waals surface area contributed by atoms with Crippen molar-refractivity contribution in [3.8, 4) is 12.3 Å². The molecule has 0 saturated carbocycles. The molecule has 68 valence electrons. The summed E-state index contributed by atoms with van der Waals surface area (Å²) in [5.74, 6) is 2.25. The minimum absolute atomic E-state index is 0.145. The molecule has 1 amide bonds. The maximum Gasteiger partial charge on any atom is 0.283 e. The molecular weight excluding hydrogens is 252 g/mol. The summed E-state index contributed by atoms with van der Waals surface area (Å²) in [6.45, 7) is 0.302. The van der Waals surface area contributed by atoms with Crippen LogP contribution in [0.1, 0.15) is 9.80 Å². The van der Waals surface area contributed by atoms with Crippen molar-refractivity contribution >= 4 is 33.2 Å². The molecule has 0 unspecified atom stereocenters. The van der Waals surface area contributed by atoms with E-state index < -0.39 is 0 Å². The summed E-state index contributed by atoms with van der Waals surface area (Å²) < 4.78 is 0.838. The van der Waals surface area contributed by atoms with E-state index in [9.17, 15) is 4.79 Å². The number of aromatic nitrogens is 1. The van der Waals surface area contributed by atoms with E-state index >= 15 is 0 Å². The lowest BCUT2D eigenvalue weighted by Gasteiger charge is -2.10. The van der Waals surface area contributed by atoms with Crippen LogP contribution in [0.5, 0.6) is 0 Å². The van der Waals surface area contributed by atoms with Gasteiger partial charge in [0.25, 0.3) is 5.91 Å². The zero-order valence-electron chi connectivity index (χ0n) is 6.95. The van der Waals surface area contributed by atoms with Gasteiger partial charge < -0.3 is 4.90 Å². The largest absolute Gasteiger partial charge is 0.329 e. The van der Waals surface area contributed by atoms with Gasteiger partial charge in [-0.3, -0.25) is 4.79 Å². The molecule has 0 aromatic carbocycles. The lowest BCUT2D eigenvalue weighted by molar-refractivity contribution is 0.0812. The monoisotopic (exact) mass is 258 g/mol. The maximum absolute atomic E-state index is 11.5. The summed E-state index contributed by atoms with van der Waals surface area (Å²) in [6, 6.07) is 0. The Kier molecular flexibility index (Phi) is 3.46. The van der Waals surface area contributed by atoms with E-state index in [1.807, 2.05) is 0 Å². The Morgan fingerprint density at radius 1 is 1.92 bits per heavy atom. The van der Waals surface area contributed by atoms with Crippen molar-refractivity contribution < 1.29 is 4.79 Å². The number of nitrogens with zero attached hydrogens (tertiary/aromatic N) is 2. The predicted octanol–water partition coefficient (Wildman–Crippen LogP) is 1.61. The predicted molar refractivity (Wildman–Crippen MR) is 55.6 cm³/mol. The number of carbonyl (C=O) groups excluding carboxylic acids is 1. The van der Waals surface area contributed by atoms with Gasteiger partial charge in [-0.05, 0) is 15.9 Å². The first-order valence-electron chi connectivity index (χ1n) is 3.45.